The van der Waals surface area contributed by atoms with Gasteiger partial charge in [0.25, 0.3) is 0 Å². The van der Waals surface area contributed by atoms with Gasteiger partial charge < -0.3 is 19.6 Å². The monoisotopic (exact) mass is 299 g/mol. The maximum Gasteiger partial charge on any atom is 0.129 e. The van der Waals surface area contributed by atoms with Gasteiger partial charge in [-0.15, -0.1) is 0 Å². The summed E-state index contributed by atoms with van der Waals surface area (Å²) in [4.78, 5) is 0. The van der Waals surface area contributed by atoms with Gasteiger partial charge in [0.2, 0.25) is 0 Å². The summed E-state index contributed by atoms with van der Waals surface area (Å²) in [6.07, 6.45) is 0.844. The van der Waals surface area contributed by atoms with E-state index in [0.29, 0.717) is 23.1 Å². The van der Waals surface area contributed by atoms with Gasteiger partial charge in [-0.2, -0.15) is 0 Å². The third-order valence-electron chi connectivity index (χ3n) is 2.54. The normalized spacial score (nSPS) is 12.3. The van der Waals surface area contributed by atoms with E-state index in [2.05, 4.69) is 5.32 Å². The summed E-state index contributed by atoms with van der Waals surface area (Å²) in [6.45, 7) is 0.685. The number of benzene rings is 1. The van der Waals surface area contributed by atoms with Gasteiger partial charge in [-0.25, -0.2) is 4.39 Å². The molecule has 0 radical (unpaired) electrons. The second-order valence-electron chi connectivity index (χ2n) is 4.29. The molecule has 4 nitrogen and oxygen atoms in total. The summed E-state index contributed by atoms with van der Waals surface area (Å²) in [7, 11) is 0. The Morgan fingerprint density at radius 1 is 1.40 bits per heavy atom. The molecule has 2 N–H and O–H groups in total. The first-order valence-corrected chi connectivity index (χ1v) is 6.49. The Labute approximate surface area is 121 Å². The molecular formula is C14H15ClFNO3. The minimum absolute atomic E-state index is 0.150. The fourth-order valence-electron chi connectivity index (χ4n) is 1.64. The zero-order chi connectivity index (χ0) is 14.4. The van der Waals surface area contributed by atoms with Crippen molar-refractivity contribution in [1.82, 2.24) is 0 Å². The third-order valence-corrected chi connectivity index (χ3v) is 2.76. The minimum Gasteiger partial charge on any atom is -0.467 e. The number of ether oxygens (including phenoxy) is 1. The van der Waals surface area contributed by atoms with Crippen molar-refractivity contribution >= 4 is 17.3 Å². The number of hydrogen-bond donors (Lipinski definition) is 2. The summed E-state index contributed by atoms with van der Waals surface area (Å²) in [6, 6.07) is 7.67. The van der Waals surface area contributed by atoms with E-state index in [1.165, 1.54) is 12.1 Å². The predicted molar refractivity (Wildman–Crippen MR) is 74.3 cm³/mol. The largest absolute Gasteiger partial charge is 0.467 e. The minimum atomic E-state index is -0.716. The van der Waals surface area contributed by atoms with Gasteiger partial charge >= 0.3 is 0 Å². The van der Waals surface area contributed by atoms with Crippen LogP contribution in [0.15, 0.2) is 41.0 Å². The Morgan fingerprint density at radius 3 is 2.95 bits per heavy atom. The second-order valence-corrected chi connectivity index (χ2v) is 4.72. The van der Waals surface area contributed by atoms with Crippen LogP contribution in [0.3, 0.4) is 0 Å². The van der Waals surface area contributed by atoms with Gasteiger partial charge in [-0.3, -0.25) is 0 Å². The molecule has 0 fully saturated rings. The highest BCUT2D eigenvalue weighted by Crippen LogP contribution is 2.17. The van der Waals surface area contributed by atoms with Crippen LogP contribution in [0.1, 0.15) is 5.76 Å². The van der Waals surface area contributed by atoms with Crippen LogP contribution < -0.4 is 5.32 Å². The smallest absolute Gasteiger partial charge is 0.129 e. The Kier molecular flexibility index (Phi) is 5.40. The molecule has 20 heavy (non-hydrogen) atoms. The van der Waals surface area contributed by atoms with E-state index in [-0.39, 0.29) is 13.2 Å². The molecule has 1 atom stereocenters. The highest BCUT2D eigenvalue weighted by Gasteiger charge is 2.06. The second kappa shape index (κ2) is 7.28. The standard InChI is InChI=1S/C14H15ClFNO3/c15-10-4-11(16)6-12(5-10)17-7-13(18)8-19-9-14-2-1-3-20-14/h1-6,13,17-18H,7-9H2. The maximum atomic E-state index is 13.1. The highest BCUT2D eigenvalue weighted by atomic mass is 35.5. The zero-order valence-electron chi connectivity index (χ0n) is 10.7. The van der Waals surface area contributed by atoms with Crippen molar-refractivity contribution in [2.45, 2.75) is 12.7 Å². The maximum absolute atomic E-state index is 13.1. The van der Waals surface area contributed by atoms with Gasteiger partial charge in [0, 0.05) is 17.3 Å². The molecule has 1 aromatic carbocycles. The SMILES string of the molecule is OC(CNc1cc(F)cc(Cl)c1)COCc1ccco1. The number of aliphatic hydroxyl groups excluding tert-OH is 1. The van der Waals surface area contributed by atoms with Crippen LogP contribution in [0.5, 0.6) is 0 Å². The lowest BCUT2D eigenvalue weighted by Gasteiger charge is -2.13. The molecule has 108 valence electrons. The van der Waals surface area contributed by atoms with Gasteiger partial charge in [-0.1, -0.05) is 11.6 Å². The van der Waals surface area contributed by atoms with Gasteiger partial charge in [0.15, 0.2) is 0 Å². The molecule has 6 heteroatoms. The van der Waals surface area contributed by atoms with E-state index in [1.807, 2.05) is 0 Å². The molecule has 0 amide bonds. The van der Waals surface area contributed by atoms with E-state index in [9.17, 15) is 9.50 Å². The van der Waals surface area contributed by atoms with Crippen molar-refractivity contribution in [2.24, 2.45) is 0 Å². The number of nitrogens with one attached hydrogen (secondary N) is 1. The molecule has 0 spiro atoms. The van der Waals surface area contributed by atoms with Crippen molar-refractivity contribution in [1.29, 1.82) is 0 Å². The fourth-order valence-corrected chi connectivity index (χ4v) is 1.86. The molecule has 1 heterocycles. The summed E-state index contributed by atoms with van der Waals surface area (Å²) in [5.74, 6) is 0.269. The summed E-state index contributed by atoms with van der Waals surface area (Å²) >= 11 is 5.73. The molecule has 0 saturated heterocycles. The Balaban J connectivity index is 1.70. The van der Waals surface area contributed by atoms with Crippen LogP contribution in [0, 0.1) is 5.82 Å². The van der Waals surface area contributed by atoms with Crippen LogP contribution in [0.25, 0.3) is 0 Å². The third kappa shape index (κ3) is 4.85. The van der Waals surface area contributed by atoms with Crippen LogP contribution in [-0.4, -0.2) is 24.4 Å². The van der Waals surface area contributed by atoms with Gasteiger partial charge in [0.05, 0.1) is 19.0 Å². The van der Waals surface area contributed by atoms with Crippen LogP contribution in [-0.2, 0) is 11.3 Å². The molecular weight excluding hydrogens is 285 g/mol. The predicted octanol–water partition coefficient (Wildman–Crippen LogP) is 3.06. The lowest BCUT2D eigenvalue weighted by atomic mass is 10.3. The first-order valence-electron chi connectivity index (χ1n) is 6.11. The molecule has 1 aromatic heterocycles. The van der Waals surface area contributed by atoms with E-state index >= 15 is 0 Å². The summed E-state index contributed by atoms with van der Waals surface area (Å²) < 4.78 is 23.5. The van der Waals surface area contributed by atoms with Crippen molar-refractivity contribution in [3.63, 3.8) is 0 Å². The van der Waals surface area contributed by atoms with Crippen molar-refractivity contribution in [2.75, 3.05) is 18.5 Å². The van der Waals surface area contributed by atoms with E-state index < -0.39 is 11.9 Å². The first-order chi connectivity index (χ1) is 9.63. The molecule has 0 aliphatic heterocycles. The lowest BCUT2D eigenvalue weighted by Crippen LogP contribution is -2.24. The van der Waals surface area contributed by atoms with Gasteiger partial charge in [0.1, 0.15) is 18.2 Å². The number of rotatable bonds is 7. The number of hydrogen-bond acceptors (Lipinski definition) is 4. The number of furan rings is 1. The molecule has 0 aliphatic carbocycles. The molecule has 2 aromatic rings. The quantitative estimate of drug-likeness (QED) is 0.825. The van der Waals surface area contributed by atoms with Crippen LogP contribution >= 0.6 is 11.6 Å². The lowest BCUT2D eigenvalue weighted by molar-refractivity contribution is 0.0282. The average Bonchev–Trinajstić information content (AvgIpc) is 2.88. The first kappa shape index (κ1) is 14.8. The van der Waals surface area contributed by atoms with E-state index in [4.69, 9.17) is 20.8 Å². The number of aliphatic hydroxyl groups is 1. The molecule has 2 rings (SSSR count). The van der Waals surface area contributed by atoms with Crippen molar-refractivity contribution in [3.8, 4) is 0 Å². The number of halogens is 2. The fraction of sp³-hybridized carbons (Fsp3) is 0.286. The average molecular weight is 300 g/mol. The number of anilines is 1. The highest BCUT2D eigenvalue weighted by molar-refractivity contribution is 6.30. The zero-order valence-corrected chi connectivity index (χ0v) is 11.4. The Morgan fingerprint density at radius 2 is 2.25 bits per heavy atom. The van der Waals surface area contributed by atoms with Crippen molar-refractivity contribution < 1.29 is 18.7 Å². The van der Waals surface area contributed by atoms with Gasteiger partial charge in [-0.05, 0) is 30.3 Å². The molecule has 0 bridgehead atoms. The van der Waals surface area contributed by atoms with E-state index in [0.717, 1.165) is 0 Å². The molecule has 0 aliphatic rings. The van der Waals surface area contributed by atoms with Crippen LogP contribution in [0.2, 0.25) is 5.02 Å². The Bertz CT molecular complexity index is 513. The van der Waals surface area contributed by atoms with Crippen molar-refractivity contribution in [3.05, 3.63) is 53.2 Å². The van der Waals surface area contributed by atoms with E-state index in [1.54, 1.807) is 24.5 Å². The molecule has 1 unspecified atom stereocenters. The summed E-state index contributed by atoms with van der Waals surface area (Å²) in [5.41, 5.74) is 0.514. The topological polar surface area (TPSA) is 54.6 Å². The molecule has 0 saturated carbocycles. The summed E-state index contributed by atoms with van der Waals surface area (Å²) in [5, 5.41) is 12.9. The van der Waals surface area contributed by atoms with Crippen LogP contribution in [0.4, 0.5) is 10.1 Å². The Hall–Kier alpha value is -1.56.